The molecular formula is C15H13ClO5S. The Kier molecular flexibility index (Phi) is 5.05. The molecule has 2 rings (SSSR count). The van der Waals surface area contributed by atoms with E-state index in [-0.39, 0.29) is 33.6 Å². The molecule has 22 heavy (non-hydrogen) atoms. The molecule has 0 atom stereocenters. The van der Waals surface area contributed by atoms with E-state index in [1.807, 2.05) is 0 Å². The number of hydrogen-bond donors (Lipinski definition) is 0. The molecule has 2 aromatic rings. The molecule has 0 unspecified atom stereocenters. The summed E-state index contributed by atoms with van der Waals surface area (Å²) in [5.41, 5.74) is 0.262. The maximum absolute atomic E-state index is 12.3. The molecule has 0 aromatic heterocycles. The summed E-state index contributed by atoms with van der Waals surface area (Å²) in [6, 6.07) is 10.3. The van der Waals surface area contributed by atoms with Crippen molar-refractivity contribution in [3.8, 4) is 11.5 Å². The Bertz CT molecular complexity index is 772. The minimum absolute atomic E-state index is 0.00650. The van der Waals surface area contributed by atoms with Crippen LogP contribution in [0.3, 0.4) is 0 Å². The van der Waals surface area contributed by atoms with E-state index in [9.17, 15) is 13.2 Å². The molecule has 0 aliphatic carbocycles. The highest BCUT2D eigenvalue weighted by molar-refractivity contribution is 7.87. The van der Waals surface area contributed by atoms with Crippen LogP contribution < -0.4 is 8.92 Å². The molecule has 0 amide bonds. The second-order valence-corrected chi connectivity index (χ2v) is 6.18. The fourth-order valence-corrected chi connectivity index (χ4v) is 3.03. The van der Waals surface area contributed by atoms with E-state index < -0.39 is 10.1 Å². The zero-order valence-corrected chi connectivity index (χ0v) is 13.2. The van der Waals surface area contributed by atoms with Crippen molar-refractivity contribution >= 4 is 28.0 Å². The highest BCUT2D eigenvalue weighted by Crippen LogP contribution is 2.38. The lowest BCUT2D eigenvalue weighted by Gasteiger charge is -2.13. The van der Waals surface area contributed by atoms with Crippen LogP contribution in [0.1, 0.15) is 17.3 Å². The fourth-order valence-electron chi connectivity index (χ4n) is 1.74. The summed E-state index contributed by atoms with van der Waals surface area (Å²) in [6.45, 7) is 1.98. The van der Waals surface area contributed by atoms with Crippen LogP contribution in [0.2, 0.25) is 5.02 Å². The van der Waals surface area contributed by atoms with Gasteiger partial charge in [-0.15, -0.1) is 0 Å². The van der Waals surface area contributed by atoms with Gasteiger partial charge in [0.1, 0.15) is 11.2 Å². The molecule has 0 spiro atoms. The third-order valence-electron chi connectivity index (χ3n) is 2.69. The zero-order chi connectivity index (χ0) is 16.2. The first kappa shape index (κ1) is 16.3. The quantitative estimate of drug-likeness (QED) is 0.596. The normalized spacial score (nSPS) is 11.0. The van der Waals surface area contributed by atoms with Gasteiger partial charge in [0.05, 0.1) is 11.6 Å². The number of aldehydes is 1. The molecule has 0 heterocycles. The van der Waals surface area contributed by atoms with Gasteiger partial charge in [0.25, 0.3) is 0 Å². The summed E-state index contributed by atoms with van der Waals surface area (Å²) in [6.07, 6.45) is 0.587. The average Bonchev–Trinajstić information content (AvgIpc) is 2.51. The standard InChI is InChI=1S/C15H13ClO5S/c1-2-20-14-9-11(10-17)8-13(16)15(14)21-22(18,19)12-6-4-3-5-7-12/h3-10H,2H2,1H3. The van der Waals surface area contributed by atoms with Crippen LogP contribution in [-0.2, 0) is 10.1 Å². The van der Waals surface area contributed by atoms with Crippen molar-refractivity contribution in [2.24, 2.45) is 0 Å². The summed E-state index contributed by atoms with van der Waals surface area (Å²) in [5, 5.41) is -0.0208. The molecule has 0 N–H and O–H groups in total. The van der Waals surface area contributed by atoms with Gasteiger partial charge in [-0.1, -0.05) is 29.8 Å². The Morgan fingerprint density at radius 2 is 1.86 bits per heavy atom. The first-order chi connectivity index (χ1) is 10.5. The van der Waals surface area contributed by atoms with Gasteiger partial charge in [-0.2, -0.15) is 8.42 Å². The molecule has 0 fully saturated rings. The predicted octanol–water partition coefficient (Wildman–Crippen LogP) is 3.32. The van der Waals surface area contributed by atoms with Gasteiger partial charge in [0.2, 0.25) is 5.75 Å². The zero-order valence-electron chi connectivity index (χ0n) is 11.7. The van der Waals surface area contributed by atoms with Gasteiger partial charge in [-0.25, -0.2) is 0 Å². The minimum atomic E-state index is -4.05. The Hall–Kier alpha value is -2.05. The van der Waals surface area contributed by atoms with E-state index in [1.54, 1.807) is 25.1 Å². The van der Waals surface area contributed by atoms with Crippen LogP contribution >= 0.6 is 11.6 Å². The summed E-state index contributed by atoms with van der Waals surface area (Å²) in [4.78, 5) is 10.9. The van der Waals surface area contributed by atoms with Gasteiger partial charge in [-0.3, -0.25) is 4.79 Å². The van der Waals surface area contributed by atoms with E-state index in [4.69, 9.17) is 20.5 Å². The van der Waals surface area contributed by atoms with E-state index in [0.717, 1.165) is 0 Å². The molecule has 0 saturated carbocycles. The van der Waals surface area contributed by atoms with E-state index >= 15 is 0 Å². The monoisotopic (exact) mass is 340 g/mol. The SMILES string of the molecule is CCOc1cc(C=O)cc(Cl)c1OS(=O)(=O)c1ccccc1. The Balaban J connectivity index is 2.46. The molecule has 116 valence electrons. The molecule has 0 aliphatic rings. The van der Waals surface area contributed by atoms with Crippen LogP contribution in [0.15, 0.2) is 47.4 Å². The first-order valence-corrected chi connectivity index (χ1v) is 8.17. The van der Waals surface area contributed by atoms with Crippen LogP contribution in [0.4, 0.5) is 0 Å². The summed E-state index contributed by atoms with van der Waals surface area (Å²) in [5.74, 6) is -0.0467. The van der Waals surface area contributed by atoms with Crippen molar-refractivity contribution in [3.05, 3.63) is 53.1 Å². The number of carbonyl (C=O) groups excluding carboxylic acids is 1. The van der Waals surface area contributed by atoms with Crippen LogP contribution in [-0.4, -0.2) is 21.3 Å². The Morgan fingerprint density at radius 3 is 2.45 bits per heavy atom. The lowest BCUT2D eigenvalue weighted by molar-refractivity contribution is 0.112. The second-order valence-electron chi connectivity index (χ2n) is 4.23. The van der Waals surface area contributed by atoms with Gasteiger partial charge >= 0.3 is 10.1 Å². The number of carbonyl (C=O) groups is 1. The van der Waals surface area contributed by atoms with Crippen molar-refractivity contribution in [1.82, 2.24) is 0 Å². The van der Waals surface area contributed by atoms with E-state index in [0.29, 0.717) is 6.29 Å². The van der Waals surface area contributed by atoms with Gasteiger partial charge in [-0.05, 0) is 31.2 Å². The summed E-state index contributed by atoms with van der Waals surface area (Å²) in [7, 11) is -4.05. The average molecular weight is 341 g/mol. The highest BCUT2D eigenvalue weighted by atomic mass is 35.5. The van der Waals surface area contributed by atoms with Crippen LogP contribution in [0.25, 0.3) is 0 Å². The lowest BCUT2D eigenvalue weighted by Crippen LogP contribution is -2.11. The molecule has 5 nitrogen and oxygen atoms in total. The molecule has 0 radical (unpaired) electrons. The number of rotatable bonds is 6. The first-order valence-electron chi connectivity index (χ1n) is 6.39. The summed E-state index contributed by atoms with van der Waals surface area (Å²) >= 11 is 6.01. The summed E-state index contributed by atoms with van der Waals surface area (Å²) < 4.78 is 34.9. The van der Waals surface area contributed by atoms with Gasteiger partial charge in [0, 0.05) is 5.56 Å². The maximum Gasteiger partial charge on any atom is 0.339 e. The molecular weight excluding hydrogens is 328 g/mol. The number of benzene rings is 2. The minimum Gasteiger partial charge on any atom is -0.490 e. The van der Waals surface area contributed by atoms with Crippen molar-refractivity contribution in [2.45, 2.75) is 11.8 Å². The van der Waals surface area contributed by atoms with E-state index in [1.165, 1.54) is 24.3 Å². The molecule has 0 bridgehead atoms. The lowest BCUT2D eigenvalue weighted by atomic mass is 10.2. The highest BCUT2D eigenvalue weighted by Gasteiger charge is 2.22. The number of halogens is 1. The maximum atomic E-state index is 12.3. The Labute approximate surface area is 133 Å². The van der Waals surface area contributed by atoms with Crippen molar-refractivity contribution in [2.75, 3.05) is 6.61 Å². The van der Waals surface area contributed by atoms with E-state index in [2.05, 4.69) is 0 Å². The predicted molar refractivity (Wildman–Crippen MR) is 82.3 cm³/mol. The van der Waals surface area contributed by atoms with Crippen LogP contribution in [0, 0.1) is 0 Å². The van der Waals surface area contributed by atoms with Crippen molar-refractivity contribution < 1.29 is 22.1 Å². The molecule has 2 aromatic carbocycles. The number of ether oxygens (including phenoxy) is 1. The van der Waals surface area contributed by atoms with Crippen molar-refractivity contribution in [3.63, 3.8) is 0 Å². The molecule has 0 saturated heterocycles. The van der Waals surface area contributed by atoms with Gasteiger partial charge in [0.15, 0.2) is 5.75 Å². The largest absolute Gasteiger partial charge is 0.490 e. The molecule has 7 heteroatoms. The third kappa shape index (κ3) is 3.58. The Morgan fingerprint density at radius 1 is 1.18 bits per heavy atom. The topological polar surface area (TPSA) is 69.7 Å². The third-order valence-corrected chi connectivity index (χ3v) is 4.21. The van der Waals surface area contributed by atoms with Crippen molar-refractivity contribution in [1.29, 1.82) is 0 Å². The second kappa shape index (κ2) is 6.81. The van der Waals surface area contributed by atoms with Crippen LogP contribution in [0.5, 0.6) is 11.5 Å². The molecule has 0 aliphatic heterocycles. The van der Waals surface area contributed by atoms with Gasteiger partial charge < -0.3 is 8.92 Å². The smallest absolute Gasteiger partial charge is 0.339 e. The fraction of sp³-hybridized carbons (Fsp3) is 0.133. The number of hydrogen-bond acceptors (Lipinski definition) is 5.